The topological polar surface area (TPSA) is 32.8 Å². The van der Waals surface area contributed by atoms with Crippen LogP contribution in [0.5, 0.6) is 0 Å². The number of para-hydroxylation sites is 2. The summed E-state index contributed by atoms with van der Waals surface area (Å²) < 4.78 is 19.6. The maximum absolute atomic E-state index is 14.1. The van der Waals surface area contributed by atoms with Crippen LogP contribution in [0.15, 0.2) is 48.5 Å². The van der Waals surface area contributed by atoms with Gasteiger partial charge in [-0.15, -0.1) is 0 Å². The largest absolute Gasteiger partial charge is 0.381 e. The molecule has 1 fully saturated rings. The van der Waals surface area contributed by atoms with Gasteiger partial charge in [-0.25, -0.2) is 4.39 Å². The van der Waals surface area contributed by atoms with Crippen LogP contribution in [-0.2, 0) is 14.9 Å². The van der Waals surface area contributed by atoms with Crippen molar-refractivity contribution in [1.82, 2.24) is 0 Å². The number of fused-ring (bicyclic) bond motifs is 1. The Kier molecular flexibility index (Phi) is 5.11. The van der Waals surface area contributed by atoms with E-state index in [9.17, 15) is 9.18 Å². The second-order valence-electron chi connectivity index (χ2n) is 8.09. The molecule has 2 aromatic carbocycles. The molecule has 0 aromatic heterocycles. The van der Waals surface area contributed by atoms with Gasteiger partial charge >= 0.3 is 0 Å². The van der Waals surface area contributed by atoms with Crippen LogP contribution in [0.25, 0.3) is 0 Å². The smallest absolute Gasteiger partial charge is 0.237 e. The minimum atomic E-state index is -0.754. The van der Waals surface area contributed by atoms with Gasteiger partial charge in [0.2, 0.25) is 5.91 Å². The number of hydrogen-bond acceptors (Lipinski definition) is 3. The Labute approximate surface area is 165 Å². The second kappa shape index (κ2) is 7.55. The molecule has 2 aliphatic heterocycles. The second-order valence-corrected chi connectivity index (χ2v) is 8.09. The molecule has 2 aromatic rings. The number of ether oxygens (including phenoxy) is 1. The molecule has 1 amide bonds. The van der Waals surface area contributed by atoms with E-state index in [-0.39, 0.29) is 11.7 Å². The monoisotopic (exact) mass is 382 g/mol. The number of carbonyl (C=O) groups excluding carboxylic acids is 1. The van der Waals surface area contributed by atoms with Crippen molar-refractivity contribution in [3.8, 4) is 0 Å². The molecule has 0 N–H and O–H groups in total. The Morgan fingerprint density at radius 1 is 1.07 bits per heavy atom. The summed E-state index contributed by atoms with van der Waals surface area (Å²) in [5.74, 6) is 0.0716. The van der Waals surface area contributed by atoms with Crippen molar-refractivity contribution in [2.45, 2.75) is 25.2 Å². The number of anilines is 2. The molecule has 1 saturated heterocycles. The molecule has 0 radical (unpaired) electrons. The van der Waals surface area contributed by atoms with Gasteiger partial charge in [0.15, 0.2) is 0 Å². The number of benzene rings is 2. The zero-order valence-electron chi connectivity index (χ0n) is 16.5. The van der Waals surface area contributed by atoms with Gasteiger partial charge in [-0.3, -0.25) is 4.79 Å². The third kappa shape index (κ3) is 3.28. The summed E-state index contributed by atoms with van der Waals surface area (Å²) in [6.45, 7) is 4.72. The first-order valence-electron chi connectivity index (χ1n) is 9.97. The highest BCUT2D eigenvalue weighted by atomic mass is 19.1. The summed E-state index contributed by atoms with van der Waals surface area (Å²) in [7, 11) is 2.07. The Morgan fingerprint density at radius 2 is 1.79 bits per heavy atom. The van der Waals surface area contributed by atoms with Crippen LogP contribution in [0, 0.1) is 11.7 Å². The summed E-state index contributed by atoms with van der Waals surface area (Å²) in [5.41, 5.74) is 1.99. The number of rotatable bonds is 2. The maximum Gasteiger partial charge on any atom is 0.237 e. The first kappa shape index (κ1) is 18.9. The van der Waals surface area contributed by atoms with E-state index >= 15 is 0 Å². The average Bonchev–Trinajstić information content (AvgIpc) is 2.84. The van der Waals surface area contributed by atoms with Crippen molar-refractivity contribution in [2.75, 3.05) is 43.2 Å². The highest BCUT2D eigenvalue weighted by Crippen LogP contribution is 2.41. The molecule has 1 atom stereocenters. The summed E-state index contributed by atoms with van der Waals surface area (Å²) in [6.07, 6.45) is 1.14. The highest BCUT2D eigenvalue weighted by molar-refractivity contribution is 6.03. The van der Waals surface area contributed by atoms with Crippen LogP contribution in [0.3, 0.4) is 0 Å². The third-order valence-corrected chi connectivity index (χ3v) is 6.04. The lowest BCUT2D eigenvalue weighted by atomic mass is 9.72. The zero-order valence-corrected chi connectivity index (χ0v) is 16.5. The molecule has 4 rings (SSSR count). The van der Waals surface area contributed by atoms with E-state index in [1.807, 2.05) is 29.2 Å². The standard InChI is InChI=1S/C23H27FN2O2/c1-17-15-25(2)20-8-3-4-9-21(20)26(16-17)22(27)23(10-12-28-13-11-23)18-6-5-7-19(24)14-18/h3-9,14,17H,10-13,15-16H2,1-2H3/t17-/m1/s1. The molecule has 0 unspecified atom stereocenters. The van der Waals surface area contributed by atoms with Gasteiger partial charge in [0.1, 0.15) is 5.82 Å². The Balaban J connectivity index is 1.81. The summed E-state index contributed by atoms with van der Waals surface area (Å²) in [4.78, 5) is 18.2. The van der Waals surface area contributed by atoms with Crippen LogP contribution in [-0.4, -0.2) is 39.3 Å². The van der Waals surface area contributed by atoms with E-state index in [1.54, 1.807) is 6.07 Å². The van der Waals surface area contributed by atoms with Crippen molar-refractivity contribution in [3.63, 3.8) is 0 Å². The molecule has 0 aliphatic carbocycles. The number of halogens is 1. The van der Waals surface area contributed by atoms with Gasteiger partial charge in [0.05, 0.1) is 16.8 Å². The van der Waals surface area contributed by atoms with Crippen LogP contribution >= 0.6 is 0 Å². The fraction of sp³-hybridized carbons (Fsp3) is 0.435. The molecule has 148 valence electrons. The maximum atomic E-state index is 14.1. The Bertz CT molecular complexity index is 863. The van der Waals surface area contributed by atoms with Gasteiger partial charge in [0.25, 0.3) is 0 Å². The molecule has 0 saturated carbocycles. The van der Waals surface area contributed by atoms with E-state index in [0.29, 0.717) is 38.5 Å². The molecule has 0 spiro atoms. The number of nitrogens with zero attached hydrogens (tertiary/aromatic N) is 2. The van der Waals surface area contributed by atoms with Crippen molar-refractivity contribution in [2.24, 2.45) is 5.92 Å². The first-order chi connectivity index (χ1) is 13.5. The Morgan fingerprint density at radius 3 is 2.50 bits per heavy atom. The molecular weight excluding hydrogens is 355 g/mol. The summed E-state index contributed by atoms with van der Waals surface area (Å²) in [6, 6.07) is 14.6. The molecule has 28 heavy (non-hydrogen) atoms. The van der Waals surface area contributed by atoms with Crippen molar-refractivity contribution < 1.29 is 13.9 Å². The minimum absolute atomic E-state index is 0.0519. The molecule has 5 heteroatoms. The van der Waals surface area contributed by atoms with Crippen molar-refractivity contribution >= 4 is 17.3 Å². The van der Waals surface area contributed by atoms with Crippen LogP contribution < -0.4 is 9.80 Å². The average molecular weight is 382 g/mol. The lowest BCUT2D eigenvalue weighted by Crippen LogP contribution is -2.51. The van der Waals surface area contributed by atoms with E-state index in [4.69, 9.17) is 4.74 Å². The zero-order chi connectivity index (χ0) is 19.7. The highest BCUT2D eigenvalue weighted by Gasteiger charge is 2.45. The molecule has 2 heterocycles. The van der Waals surface area contributed by atoms with Gasteiger partial charge in [0, 0.05) is 33.4 Å². The van der Waals surface area contributed by atoms with E-state index in [2.05, 4.69) is 24.9 Å². The van der Waals surface area contributed by atoms with Crippen LogP contribution in [0.4, 0.5) is 15.8 Å². The van der Waals surface area contributed by atoms with Gasteiger partial charge in [-0.2, -0.15) is 0 Å². The van der Waals surface area contributed by atoms with Crippen molar-refractivity contribution in [3.05, 3.63) is 59.9 Å². The quantitative estimate of drug-likeness (QED) is 0.787. The van der Waals surface area contributed by atoms with Gasteiger partial charge < -0.3 is 14.5 Å². The predicted octanol–water partition coefficient (Wildman–Crippen LogP) is 3.99. The number of carbonyl (C=O) groups is 1. The van der Waals surface area contributed by atoms with E-state index in [0.717, 1.165) is 23.5 Å². The molecule has 0 bridgehead atoms. The minimum Gasteiger partial charge on any atom is -0.381 e. The van der Waals surface area contributed by atoms with Crippen LogP contribution in [0.2, 0.25) is 0 Å². The number of hydrogen-bond donors (Lipinski definition) is 0. The summed E-state index contributed by atoms with van der Waals surface area (Å²) in [5, 5.41) is 0. The SMILES string of the molecule is C[C@@H]1CN(C)c2ccccc2N(C(=O)C2(c3cccc(F)c3)CCOCC2)C1. The molecular formula is C23H27FN2O2. The third-order valence-electron chi connectivity index (χ3n) is 6.04. The summed E-state index contributed by atoms with van der Waals surface area (Å²) >= 11 is 0. The van der Waals surface area contributed by atoms with Crippen molar-refractivity contribution in [1.29, 1.82) is 0 Å². The molecule has 2 aliphatic rings. The first-order valence-corrected chi connectivity index (χ1v) is 9.97. The molecule has 4 nitrogen and oxygen atoms in total. The van der Waals surface area contributed by atoms with Gasteiger partial charge in [-0.05, 0) is 48.6 Å². The van der Waals surface area contributed by atoms with Gasteiger partial charge in [-0.1, -0.05) is 31.2 Å². The van der Waals surface area contributed by atoms with E-state index in [1.165, 1.54) is 12.1 Å². The predicted molar refractivity (Wildman–Crippen MR) is 109 cm³/mol. The fourth-order valence-corrected chi connectivity index (χ4v) is 4.63. The lowest BCUT2D eigenvalue weighted by molar-refractivity contribution is -0.127. The fourth-order valence-electron chi connectivity index (χ4n) is 4.63. The Hall–Kier alpha value is -2.40. The van der Waals surface area contributed by atoms with E-state index < -0.39 is 5.41 Å². The van der Waals surface area contributed by atoms with Crippen LogP contribution in [0.1, 0.15) is 25.3 Å². The normalized spacial score (nSPS) is 21.8. The lowest BCUT2D eigenvalue weighted by Gasteiger charge is -2.40. The number of amides is 1.